The number of aromatic hydroxyl groups is 5. The summed E-state index contributed by atoms with van der Waals surface area (Å²) in [5, 5.41) is 96.7. The smallest absolute Gasteiger partial charge is 0.255 e. The van der Waals surface area contributed by atoms with E-state index in [0.29, 0.717) is 40.2 Å². The third-order valence-electron chi connectivity index (χ3n) is 19.2. The Morgan fingerprint density at radius 2 is 0.806 bits per heavy atom. The first-order chi connectivity index (χ1) is 52.1. The van der Waals surface area contributed by atoms with Crippen LogP contribution in [0.1, 0.15) is 134 Å². The molecule has 9 amide bonds. The molecule has 0 aliphatic carbocycles. The van der Waals surface area contributed by atoms with Gasteiger partial charge in [-0.15, -0.1) is 0 Å². The number of hydrogen-bond acceptors (Lipinski definition) is 21. The fourth-order valence-electron chi connectivity index (χ4n) is 13.4. The number of carboxylic acids is 1. The first-order valence-corrected chi connectivity index (χ1v) is 35.5. The molecule has 0 aromatic heterocycles. The van der Waals surface area contributed by atoms with E-state index >= 15 is 0 Å². The van der Waals surface area contributed by atoms with Crippen LogP contribution in [0.5, 0.6) is 40.2 Å². The maximum absolute atomic E-state index is 14.8. The zero-order valence-corrected chi connectivity index (χ0v) is 59.1. The number of hydrogen-bond donors (Lipinski definition) is 14. The molecule has 3 unspecified atom stereocenters. The van der Waals surface area contributed by atoms with E-state index in [4.69, 9.17) is 4.74 Å². The minimum atomic E-state index is -1.57. The standard InChI is InChI=1S/C78H85N13O17/c1-46-17-20-51-62(42-46)108-63-44-49(92)19-22-52(63)64(51)50-21-18-47(43-61(50)78(106)107)69(97)79-23-3-2-8-48-45-91-37-30-86-75(103)58-14-6-13-57(67(58)95)72(100)82-26-33-89(34-27-85-76(104)59-15-7-16-60(68(59)96)77(105)87-48)39-38-88-31-24-80-70(98)53-9-4-11-55(65(53)93)73(101)83-28-35-90(40-41-91)36-29-84-74(102)56-12-5-10-54(66(56)94)71(99)81-25-32-88/h4-7,9-22,42-44,48,92-96H,1-3,8,23-41,45H2,(H,79,97)(H,80,98)(H,81,99)(H,82,100)(H,83,101)(H,84,102)(H,85,104)(H,86,103)(H,87,105)(H,106,107)/p-1. The van der Waals surface area contributed by atoms with E-state index < -0.39 is 88.2 Å². The molecule has 12 rings (SSSR count). The number of phenolic OH excluding ortho intramolecular Hbond substituents is 5. The number of carbonyl (C=O) groups is 10. The maximum atomic E-state index is 14.8. The van der Waals surface area contributed by atoms with Gasteiger partial charge < -0.3 is 88.0 Å². The molecular weight excluding hydrogens is 1390 g/mol. The number of carboxylic acid groups (broad SMARTS) is 1. The van der Waals surface area contributed by atoms with Crippen LogP contribution in [-0.4, -0.2) is 241 Å². The van der Waals surface area contributed by atoms with Crippen molar-refractivity contribution < 1.29 is 83.3 Å². The van der Waals surface area contributed by atoms with Crippen molar-refractivity contribution in [2.75, 3.05) is 131 Å². The Labute approximate surface area is 620 Å². The average molecular weight is 1480 g/mol. The van der Waals surface area contributed by atoms with Crippen LogP contribution in [0.3, 0.4) is 0 Å². The maximum Gasteiger partial charge on any atom is 0.255 e. The van der Waals surface area contributed by atoms with Gasteiger partial charge in [-0.3, -0.25) is 62.8 Å². The van der Waals surface area contributed by atoms with Gasteiger partial charge in [0.05, 0.1) is 50.5 Å². The second-order valence-corrected chi connectivity index (χ2v) is 26.4. The topological polar surface area (TPSA) is 425 Å². The van der Waals surface area contributed by atoms with Crippen LogP contribution in [0.2, 0.25) is 0 Å². The number of fused-ring (bicyclic) bond motifs is 18. The summed E-state index contributed by atoms with van der Waals surface area (Å²) in [5.74, 6) is -9.71. The molecule has 564 valence electrons. The number of carbonyl (C=O) groups excluding carboxylic acids is 10. The molecule has 30 nitrogen and oxygen atoms in total. The summed E-state index contributed by atoms with van der Waals surface area (Å²) >= 11 is 0. The van der Waals surface area contributed by atoms with Gasteiger partial charge in [-0.2, -0.15) is 0 Å². The average Bonchev–Trinajstić information content (AvgIpc) is 0.747. The minimum Gasteiger partial charge on any atom is -0.545 e. The summed E-state index contributed by atoms with van der Waals surface area (Å²) in [5.41, 5.74) is -0.764. The molecule has 0 saturated heterocycles. The van der Waals surface area contributed by atoms with Crippen molar-refractivity contribution in [2.45, 2.75) is 25.3 Å². The predicted octanol–water partition coefficient (Wildman–Crippen LogP) is 0.498. The lowest BCUT2D eigenvalue weighted by molar-refractivity contribution is -0.255. The minimum absolute atomic E-state index is 0.00000180. The Morgan fingerprint density at radius 1 is 0.426 bits per heavy atom. The van der Waals surface area contributed by atoms with Gasteiger partial charge in [0.25, 0.3) is 53.2 Å². The highest BCUT2D eigenvalue weighted by Gasteiger charge is 2.29. The van der Waals surface area contributed by atoms with E-state index in [9.17, 15) is 78.6 Å². The molecule has 3 atom stereocenters. The summed E-state index contributed by atoms with van der Waals surface area (Å²) in [4.78, 5) is 147. The molecule has 5 heterocycles. The van der Waals surface area contributed by atoms with Gasteiger partial charge >= 0.3 is 0 Å². The molecule has 7 aromatic rings. The van der Waals surface area contributed by atoms with Crippen LogP contribution in [-0.2, 0) is 0 Å². The zero-order valence-electron chi connectivity index (χ0n) is 59.1. The molecular formula is C78H84N13O17-. The predicted molar refractivity (Wildman–Crippen MR) is 394 cm³/mol. The molecule has 0 radical (unpaired) electrons. The summed E-state index contributed by atoms with van der Waals surface area (Å²) in [6.45, 7) is 5.10. The summed E-state index contributed by atoms with van der Waals surface area (Å²) in [6, 6.07) is 29.7. The third kappa shape index (κ3) is 18.8. The summed E-state index contributed by atoms with van der Waals surface area (Å²) in [7, 11) is 0. The van der Waals surface area contributed by atoms with E-state index in [1.807, 2.05) is 19.6 Å². The van der Waals surface area contributed by atoms with Gasteiger partial charge in [0, 0.05) is 170 Å². The highest BCUT2D eigenvalue weighted by atomic mass is 16.5. The lowest BCUT2D eigenvalue weighted by Crippen LogP contribution is -2.49. The van der Waals surface area contributed by atoms with Crippen molar-refractivity contribution in [2.24, 2.45) is 0 Å². The van der Waals surface area contributed by atoms with Crippen molar-refractivity contribution in [3.05, 3.63) is 205 Å². The molecule has 108 heavy (non-hydrogen) atoms. The van der Waals surface area contributed by atoms with E-state index in [1.54, 1.807) is 24.3 Å². The van der Waals surface area contributed by atoms with Crippen molar-refractivity contribution in [1.82, 2.24) is 67.5 Å². The van der Waals surface area contributed by atoms with Gasteiger partial charge in [-0.05, 0) is 109 Å². The molecule has 30 heteroatoms. The molecule has 0 saturated carbocycles. The number of ether oxygens (including phenoxy) is 1. The number of para-hydroxylation sites is 4. The molecule has 0 fully saturated rings. The third-order valence-corrected chi connectivity index (χ3v) is 19.2. The fraction of sp³-hybridized carbons (Fsp3) is 0.308. The largest absolute Gasteiger partial charge is 0.545 e. The van der Waals surface area contributed by atoms with E-state index in [1.165, 1.54) is 103 Å². The molecule has 7 aromatic carbocycles. The Balaban J connectivity index is 0.922. The van der Waals surface area contributed by atoms with Crippen molar-refractivity contribution in [3.63, 3.8) is 0 Å². The molecule has 14 N–H and O–H groups in total. The van der Waals surface area contributed by atoms with Crippen LogP contribution < -0.4 is 68.1 Å². The normalized spacial score (nSPS) is 19.8. The monoisotopic (exact) mass is 1470 g/mol. The fourth-order valence-corrected chi connectivity index (χ4v) is 13.4. The number of benzene rings is 7. The van der Waals surface area contributed by atoms with Crippen LogP contribution in [0, 0.1) is 0 Å². The second kappa shape index (κ2) is 35.6. The Kier molecular flexibility index (Phi) is 25.3. The van der Waals surface area contributed by atoms with Crippen molar-refractivity contribution >= 4 is 71.3 Å². The lowest BCUT2D eigenvalue weighted by atomic mass is 9.88. The lowest BCUT2D eigenvalue weighted by Gasteiger charge is -2.31. The Morgan fingerprint density at radius 3 is 1.21 bits per heavy atom. The molecule has 0 spiro atoms. The van der Waals surface area contributed by atoms with Gasteiger partial charge in [0.1, 0.15) is 40.2 Å². The molecule has 12 bridgehead atoms. The van der Waals surface area contributed by atoms with Crippen molar-refractivity contribution in [3.8, 4) is 40.2 Å². The van der Waals surface area contributed by atoms with Gasteiger partial charge in [0.2, 0.25) is 0 Å². The van der Waals surface area contributed by atoms with Gasteiger partial charge in [-0.1, -0.05) is 49.0 Å². The Hall–Kier alpha value is -12.4. The number of nitrogens with zero attached hydrogens (tertiary/aromatic N) is 4. The first kappa shape index (κ1) is 76.7. The number of phenols is 5. The first-order valence-electron chi connectivity index (χ1n) is 35.5. The number of rotatable bonds is 8. The van der Waals surface area contributed by atoms with E-state index in [0.717, 1.165) is 0 Å². The second-order valence-electron chi connectivity index (χ2n) is 26.4. The van der Waals surface area contributed by atoms with Crippen LogP contribution in [0.15, 0.2) is 127 Å². The van der Waals surface area contributed by atoms with Gasteiger partial charge in [0.15, 0.2) is 0 Å². The zero-order chi connectivity index (χ0) is 76.5. The SMILES string of the molecule is C=c1ccc2c(c1)Oc1cc(O)ccc1C=2c1ccc(C(=O)NCCCCC2CN3CCNC(=O)c4cccc(c4O)C(=O)NCCN(CCNC(=O)c4cccc(c4O)C(=O)N2)CCN2CCNC(=O)c4cccc(c4O)C(=O)NCCN(CCNC(=O)c4cccc(c4O)C(=O)NCC2)CC3)cc1C(=O)[O-]. The molecule has 5 aliphatic rings. The van der Waals surface area contributed by atoms with Crippen molar-refractivity contribution in [1.29, 1.82) is 0 Å². The van der Waals surface area contributed by atoms with Crippen LogP contribution >= 0.6 is 0 Å². The molecule has 5 aliphatic heterocycles. The van der Waals surface area contributed by atoms with E-state index in [-0.39, 0.29) is 210 Å². The number of nitrogens with one attached hydrogen (secondary N) is 9. The quantitative estimate of drug-likeness (QED) is 0.0921. The number of unbranched alkanes of at least 4 members (excludes halogenated alkanes) is 1. The Bertz CT molecular complexity index is 4670. The van der Waals surface area contributed by atoms with Crippen LogP contribution in [0.25, 0.3) is 12.2 Å². The van der Waals surface area contributed by atoms with Gasteiger partial charge in [-0.25, -0.2) is 0 Å². The highest BCUT2D eigenvalue weighted by molar-refractivity contribution is 6.07. The summed E-state index contributed by atoms with van der Waals surface area (Å²) < 4.78 is 6.11. The number of amides is 9. The van der Waals surface area contributed by atoms with E-state index in [2.05, 4.69) is 54.4 Å². The number of aromatic carboxylic acids is 1. The summed E-state index contributed by atoms with van der Waals surface area (Å²) in [6.07, 6.45) is 0.796. The highest BCUT2D eigenvalue weighted by Crippen LogP contribution is 2.39. The van der Waals surface area contributed by atoms with Crippen LogP contribution in [0.4, 0.5) is 0 Å².